The van der Waals surface area contributed by atoms with Gasteiger partial charge in [-0.15, -0.1) is 0 Å². The van der Waals surface area contributed by atoms with Crippen molar-refractivity contribution in [2.75, 3.05) is 0 Å². The van der Waals surface area contributed by atoms with E-state index in [0.29, 0.717) is 0 Å². The second kappa shape index (κ2) is 21.8. The summed E-state index contributed by atoms with van der Waals surface area (Å²) in [4.78, 5) is 34.8. The third-order valence-electron chi connectivity index (χ3n) is 9.38. The number of nitrogens with zero attached hydrogens (tertiary/aromatic N) is 8. The van der Waals surface area contributed by atoms with Crippen LogP contribution in [0.3, 0.4) is 0 Å². The molecule has 0 atom stereocenters. The van der Waals surface area contributed by atoms with Crippen LogP contribution < -0.4 is 0 Å². The molecule has 0 saturated carbocycles. The molecule has 8 heterocycles. The number of benzene rings is 4. The second-order valence-corrected chi connectivity index (χ2v) is 12.9. The van der Waals surface area contributed by atoms with Gasteiger partial charge in [0.1, 0.15) is 0 Å². The molecular weight excluding hydrogens is 848 g/mol. The molecule has 61 heavy (non-hydrogen) atoms. The van der Waals surface area contributed by atoms with Crippen LogP contribution in [-0.4, -0.2) is 50.8 Å². The van der Waals surface area contributed by atoms with Crippen molar-refractivity contribution in [2.24, 2.45) is 0 Å². The van der Waals surface area contributed by atoms with Crippen LogP contribution in [0.2, 0.25) is 0 Å². The molecular formula is C48H36Fe2N8O3. The molecule has 12 aromatic rings. The summed E-state index contributed by atoms with van der Waals surface area (Å²) in [5.41, 5.74) is 7.82. The topological polar surface area (TPSA) is 183 Å². The zero-order valence-electron chi connectivity index (χ0n) is 32.2. The molecule has 0 aliphatic rings. The van der Waals surface area contributed by atoms with Gasteiger partial charge in [-0.1, -0.05) is 97.1 Å². The summed E-state index contributed by atoms with van der Waals surface area (Å²) in [6, 6.07) is 48.6. The smallest absolute Gasteiger partial charge is 0.0964 e. The molecule has 11 nitrogen and oxygen atoms in total. The Morgan fingerprint density at radius 1 is 0.230 bits per heavy atom. The molecule has 12 rings (SSSR count). The van der Waals surface area contributed by atoms with Gasteiger partial charge in [0.15, 0.2) is 0 Å². The van der Waals surface area contributed by atoms with Crippen molar-refractivity contribution in [3.63, 3.8) is 0 Å². The monoisotopic (exact) mass is 884 g/mol. The van der Waals surface area contributed by atoms with E-state index in [1.54, 1.807) is 49.6 Å². The number of fused-ring (bicyclic) bond motifs is 12. The summed E-state index contributed by atoms with van der Waals surface area (Å²) in [6.45, 7) is 0. The van der Waals surface area contributed by atoms with Crippen LogP contribution >= 0.6 is 0 Å². The fourth-order valence-corrected chi connectivity index (χ4v) is 6.72. The van der Waals surface area contributed by atoms with Gasteiger partial charge in [0.05, 0.1) is 44.1 Å². The number of aromatic nitrogens is 8. The Morgan fingerprint density at radius 2 is 0.344 bits per heavy atom. The van der Waals surface area contributed by atoms with Gasteiger partial charge in [-0.2, -0.15) is 0 Å². The maximum absolute atomic E-state index is 8.00. The van der Waals surface area contributed by atoms with Gasteiger partial charge >= 0.3 is 19.8 Å². The first-order valence-electron chi connectivity index (χ1n) is 18.3. The minimum absolute atomic E-state index is 0. The average molecular weight is 885 g/mol. The molecule has 302 valence electrons. The van der Waals surface area contributed by atoms with Crippen molar-refractivity contribution in [1.82, 2.24) is 39.9 Å². The molecule has 0 saturated heterocycles. The van der Waals surface area contributed by atoms with Crippen LogP contribution in [-0.2, 0) is 36.8 Å². The van der Waals surface area contributed by atoms with E-state index >= 15 is 0 Å². The standard InChI is InChI=1S/4C12H8N2.2Fe.2H2O.O/c4*1-3-9-5-6-10-4-2-8-14-12(10)11(9)13-7-1;;;;;/h4*1-8H;;;2*1H2;. The summed E-state index contributed by atoms with van der Waals surface area (Å²) in [5.74, 6) is 0. The van der Waals surface area contributed by atoms with E-state index in [2.05, 4.69) is 137 Å². The van der Waals surface area contributed by atoms with Crippen molar-refractivity contribution in [2.45, 2.75) is 0 Å². The van der Waals surface area contributed by atoms with Gasteiger partial charge in [-0.3, -0.25) is 39.9 Å². The first-order chi connectivity index (χ1) is 28.8. The van der Waals surface area contributed by atoms with Gasteiger partial charge in [0.2, 0.25) is 0 Å². The van der Waals surface area contributed by atoms with Gasteiger partial charge in [0, 0.05) is 110 Å². The molecule has 0 unspecified atom stereocenters. The number of pyridine rings is 8. The Balaban J connectivity index is 0.000000149. The molecule has 0 aliphatic carbocycles. The Hall–Kier alpha value is -7.08. The first-order valence-corrected chi connectivity index (χ1v) is 18.7. The van der Waals surface area contributed by atoms with E-state index in [1.807, 2.05) is 64.5 Å². The minimum atomic E-state index is 0. The van der Waals surface area contributed by atoms with Crippen molar-refractivity contribution in [3.05, 3.63) is 195 Å². The fourth-order valence-electron chi connectivity index (χ4n) is 6.72. The van der Waals surface area contributed by atoms with Crippen molar-refractivity contribution >= 4 is 87.2 Å². The van der Waals surface area contributed by atoms with Crippen molar-refractivity contribution in [3.8, 4) is 0 Å². The zero-order chi connectivity index (χ0) is 39.5. The molecule has 0 fully saturated rings. The van der Waals surface area contributed by atoms with Crippen molar-refractivity contribution < 1.29 is 47.8 Å². The predicted octanol–water partition coefficient (Wildman–Crippen LogP) is 9.36. The molecule has 0 radical (unpaired) electrons. The van der Waals surface area contributed by atoms with Crippen LogP contribution in [0.15, 0.2) is 195 Å². The number of rotatable bonds is 0. The summed E-state index contributed by atoms with van der Waals surface area (Å²) >= 11 is 2.00. The first kappa shape index (κ1) is 45.0. The quantitative estimate of drug-likeness (QED) is 0.106. The Morgan fingerprint density at radius 3 is 0.459 bits per heavy atom. The molecule has 13 heteroatoms. The summed E-state index contributed by atoms with van der Waals surface area (Å²) in [7, 11) is 0. The number of hydrogen-bond acceptors (Lipinski definition) is 9. The molecule has 0 bridgehead atoms. The van der Waals surface area contributed by atoms with Crippen LogP contribution in [0.25, 0.3) is 87.2 Å². The molecule has 4 aromatic carbocycles. The third-order valence-corrected chi connectivity index (χ3v) is 9.38. The second-order valence-electron chi connectivity index (χ2n) is 12.9. The SMILES string of the molecule is O.O.[Fe].[O]=[Fe].c1cnc2c(c1)ccc1cccnc12.c1cnc2c(c1)ccc1cccnc12.c1cnc2c(c1)ccc1cccnc12.c1cnc2c(c1)ccc1cccnc12. The molecule has 8 aromatic heterocycles. The molecule has 4 N–H and O–H groups in total. The van der Waals surface area contributed by atoms with E-state index < -0.39 is 0 Å². The van der Waals surface area contributed by atoms with Crippen LogP contribution in [0.5, 0.6) is 0 Å². The third kappa shape index (κ3) is 10.0. The average Bonchev–Trinajstić information content (AvgIpc) is 3.32. The largest absolute Gasteiger partial charge is 0.254 e. The van der Waals surface area contributed by atoms with Gasteiger partial charge in [0.25, 0.3) is 0 Å². The normalized spacial score (nSPS) is 10.0. The fraction of sp³-hybridized carbons (Fsp3) is 0. The van der Waals surface area contributed by atoms with Gasteiger partial charge in [-0.25, -0.2) is 0 Å². The summed E-state index contributed by atoms with van der Waals surface area (Å²) in [5, 5.41) is 9.10. The zero-order valence-corrected chi connectivity index (χ0v) is 34.4. The van der Waals surface area contributed by atoms with E-state index in [1.165, 1.54) is 0 Å². The predicted molar refractivity (Wildman–Crippen MR) is 236 cm³/mol. The van der Waals surface area contributed by atoms with E-state index in [9.17, 15) is 0 Å². The van der Waals surface area contributed by atoms with E-state index in [0.717, 1.165) is 87.2 Å². The Kier molecular flexibility index (Phi) is 16.1. The minimum Gasteiger partial charge on any atom is -0.254 e. The summed E-state index contributed by atoms with van der Waals surface area (Å²) in [6.07, 6.45) is 14.4. The molecule has 0 amide bonds. The van der Waals surface area contributed by atoms with Crippen LogP contribution in [0, 0.1) is 0 Å². The Labute approximate surface area is 368 Å². The summed E-state index contributed by atoms with van der Waals surface area (Å²) < 4.78 is 8.00. The Bertz CT molecular complexity index is 2680. The maximum atomic E-state index is 8.00. The van der Waals surface area contributed by atoms with Crippen LogP contribution in [0.4, 0.5) is 0 Å². The van der Waals surface area contributed by atoms with Crippen LogP contribution in [0.1, 0.15) is 0 Å². The van der Waals surface area contributed by atoms with E-state index in [-0.39, 0.29) is 28.0 Å². The van der Waals surface area contributed by atoms with Gasteiger partial charge < -0.3 is 11.0 Å². The molecule has 0 aliphatic heterocycles. The van der Waals surface area contributed by atoms with E-state index in [4.69, 9.17) is 3.83 Å². The number of hydrogen-bond donors (Lipinski definition) is 0. The van der Waals surface area contributed by atoms with Crippen molar-refractivity contribution in [1.29, 1.82) is 0 Å². The maximum Gasteiger partial charge on any atom is 0.0964 e. The van der Waals surface area contributed by atoms with Gasteiger partial charge in [-0.05, 0) is 48.5 Å². The molecule has 0 spiro atoms.